The molecule has 4 aliphatic rings. The van der Waals surface area contributed by atoms with Gasteiger partial charge < -0.3 is 19.4 Å². The minimum absolute atomic E-state index is 0.0957. The van der Waals surface area contributed by atoms with Crippen LogP contribution in [0.4, 0.5) is 0 Å². The molecule has 0 bridgehead atoms. The smallest absolute Gasteiger partial charge is 0.306 e. The van der Waals surface area contributed by atoms with E-state index in [1.807, 2.05) is 57.2 Å². The first kappa shape index (κ1) is 32.4. The molecule has 0 aliphatic heterocycles. The van der Waals surface area contributed by atoms with E-state index in [2.05, 4.69) is 18.2 Å². The standard InChI is InChI=1S/C35H44ClNO7/c1-7-29(40)42-19-28(39)35(43-30(41)8-2)21(4)15-25-31-26(36)17-22-16-23(37-44-24-11-9-10-20(3)14-24)12-13-33(22,5)32(31)27(38)18-34(25,35)6/h9-14,16,21,25-27,31-32,38H,7-8,15,17-19H2,1-6H3/b37-23+/t21-,25+,26-,27+,31-,32+,33+,34+,35+/m1/s1. The Hall–Kier alpha value is -2.97. The normalized spacial score (nSPS) is 38.2. The molecule has 3 saturated carbocycles. The van der Waals surface area contributed by atoms with Crippen LogP contribution in [-0.2, 0) is 23.9 Å². The number of benzene rings is 1. The number of nitrogens with zero attached hydrogens (tertiary/aromatic N) is 1. The van der Waals surface area contributed by atoms with E-state index < -0.39 is 46.9 Å². The van der Waals surface area contributed by atoms with Gasteiger partial charge in [0.15, 0.2) is 18.0 Å². The molecule has 9 atom stereocenters. The van der Waals surface area contributed by atoms with Gasteiger partial charge in [-0.3, -0.25) is 14.4 Å². The fourth-order valence-corrected chi connectivity index (χ4v) is 9.38. The van der Waals surface area contributed by atoms with Gasteiger partial charge in [0, 0.05) is 40.9 Å². The second kappa shape index (κ2) is 12.1. The number of rotatable bonds is 8. The number of ether oxygens (including phenoxy) is 2. The van der Waals surface area contributed by atoms with Crippen molar-refractivity contribution in [1.82, 2.24) is 0 Å². The average Bonchev–Trinajstić information content (AvgIpc) is 3.20. The molecule has 0 unspecified atom stereocenters. The van der Waals surface area contributed by atoms with Crippen molar-refractivity contribution in [2.45, 2.75) is 90.7 Å². The van der Waals surface area contributed by atoms with Gasteiger partial charge in [-0.25, -0.2) is 0 Å². The first-order valence-corrected chi connectivity index (χ1v) is 16.2. The lowest BCUT2D eigenvalue weighted by molar-refractivity contribution is -0.205. The fourth-order valence-electron chi connectivity index (χ4n) is 8.88. The molecule has 1 aromatic rings. The Morgan fingerprint density at radius 2 is 1.86 bits per heavy atom. The highest BCUT2D eigenvalue weighted by Gasteiger charge is 2.73. The average molecular weight is 626 g/mol. The summed E-state index contributed by atoms with van der Waals surface area (Å²) in [6, 6.07) is 7.69. The van der Waals surface area contributed by atoms with Crippen LogP contribution in [0.5, 0.6) is 5.75 Å². The Balaban J connectivity index is 1.48. The molecule has 0 radical (unpaired) electrons. The Kier molecular flexibility index (Phi) is 8.91. The summed E-state index contributed by atoms with van der Waals surface area (Å²) in [6.07, 6.45) is 6.85. The largest absolute Gasteiger partial charge is 0.457 e. The van der Waals surface area contributed by atoms with Gasteiger partial charge in [0.2, 0.25) is 5.78 Å². The van der Waals surface area contributed by atoms with Crippen LogP contribution in [-0.4, -0.2) is 52.2 Å². The number of carbonyl (C=O) groups excluding carboxylic acids is 3. The van der Waals surface area contributed by atoms with Gasteiger partial charge >= 0.3 is 11.9 Å². The summed E-state index contributed by atoms with van der Waals surface area (Å²) >= 11 is 7.27. The van der Waals surface area contributed by atoms with Crippen LogP contribution in [0, 0.1) is 41.4 Å². The van der Waals surface area contributed by atoms with Gasteiger partial charge in [-0.15, -0.1) is 11.6 Å². The van der Waals surface area contributed by atoms with E-state index in [1.54, 1.807) is 13.8 Å². The van der Waals surface area contributed by atoms with Crippen molar-refractivity contribution in [2.24, 2.45) is 39.7 Å². The molecule has 0 aromatic heterocycles. The molecular weight excluding hydrogens is 582 g/mol. The number of Topliss-reactive ketones (excluding diaryl/α,β-unsaturated/α-hetero) is 1. The Morgan fingerprint density at radius 3 is 2.55 bits per heavy atom. The van der Waals surface area contributed by atoms with Crippen molar-refractivity contribution < 1.29 is 33.8 Å². The molecular formula is C35H44ClNO7. The van der Waals surface area contributed by atoms with Crippen molar-refractivity contribution in [3.05, 3.63) is 53.6 Å². The molecule has 1 N–H and O–H groups in total. The molecule has 9 heteroatoms. The van der Waals surface area contributed by atoms with Crippen molar-refractivity contribution in [1.29, 1.82) is 0 Å². The highest BCUT2D eigenvalue weighted by molar-refractivity contribution is 6.21. The van der Waals surface area contributed by atoms with Crippen molar-refractivity contribution in [3.63, 3.8) is 0 Å². The number of aryl methyl sites for hydroxylation is 1. The third kappa shape index (κ3) is 5.22. The van der Waals surface area contributed by atoms with Gasteiger partial charge in [0.05, 0.1) is 6.10 Å². The van der Waals surface area contributed by atoms with Gasteiger partial charge in [-0.05, 0) is 67.9 Å². The van der Waals surface area contributed by atoms with Crippen LogP contribution in [0.2, 0.25) is 0 Å². The summed E-state index contributed by atoms with van der Waals surface area (Å²) in [5, 5.41) is 16.1. The number of aliphatic hydroxyl groups excluding tert-OH is 1. The summed E-state index contributed by atoms with van der Waals surface area (Å²) in [4.78, 5) is 44.6. The lowest BCUT2D eigenvalue weighted by atomic mass is 9.46. The highest BCUT2D eigenvalue weighted by Crippen LogP contribution is 2.69. The van der Waals surface area contributed by atoms with E-state index in [9.17, 15) is 19.5 Å². The molecule has 238 valence electrons. The third-order valence-corrected chi connectivity index (χ3v) is 11.4. The van der Waals surface area contributed by atoms with E-state index >= 15 is 0 Å². The molecule has 0 saturated heterocycles. The SMILES string of the molecule is CCC(=O)OCC(=O)[C@@]1(OC(=O)CC)[C@H](C)C[C@H]2[C@H]3[C@H]([C@@H](O)C[C@@]21C)[C@@]1(C)C=C/C(=N\Oc2cccc(C)c2)C=C1C[C@H]3Cl. The fraction of sp³-hybridized carbons (Fsp3) is 0.600. The van der Waals surface area contributed by atoms with Crippen LogP contribution in [0.3, 0.4) is 0 Å². The topological polar surface area (TPSA) is 111 Å². The monoisotopic (exact) mass is 625 g/mol. The number of oxime groups is 1. The Morgan fingerprint density at radius 1 is 1.14 bits per heavy atom. The zero-order chi connectivity index (χ0) is 32.0. The van der Waals surface area contributed by atoms with E-state index in [0.29, 0.717) is 24.3 Å². The second-order valence-electron chi connectivity index (χ2n) is 13.5. The second-order valence-corrected chi connectivity index (χ2v) is 14.0. The molecule has 3 fully saturated rings. The predicted molar refractivity (Wildman–Crippen MR) is 167 cm³/mol. The number of halogens is 1. The summed E-state index contributed by atoms with van der Waals surface area (Å²) in [6.45, 7) is 10.9. The van der Waals surface area contributed by atoms with E-state index in [4.69, 9.17) is 25.9 Å². The molecule has 8 nitrogen and oxygen atoms in total. The minimum Gasteiger partial charge on any atom is -0.457 e. The van der Waals surface area contributed by atoms with Crippen LogP contribution >= 0.6 is 11.6 Å². The lowest BCUT2D eigenvalue weighted by Gasteiger charge is -2.61. The highest BCUT2D eigenvalue weighted by atomic mass is 35.5. The first-order chi connectivity index (χ1) is 20.8. The maximum Gasteiger partial charge on any atom is 0.306 e. The quantitative estimate of drug-likeness (QED) is 0.211. The van der Waals surface area contributed by atoms with Crippen LogP contribution in [0.1, 0.15) is 72.3 Å². The van der Waals surface area contributed by atoms with Crippen LogP contribution in [0.25, 0.3) is 0 Å². The number of hydrogen-bond donors (Lipinski definition) is 1. The molecule has 0 heterocycles. The minimum atomic E-state index is -1.55. The van der Waals surface area contributed by atoms with Crippen LogP contribution in [0.15, 0.2) is 53.2 Å². The number of allylic oxidation sites excluding steroid dienone is 4. The van der Waals surface area contributed by atoms with Gasteiger partial charge in [0.1, 0.15) is 5.71 Å². The number of alkyl halides is 1. The molecule has 0 spiro atoms. The lowest BCUT2D eigenvalue weighted by Crippen LogP contribution is -2.65. The predicted octanol–water partition coefficient (Wildman–Crippen LogP) is 6.12. The van der Waals surface area contributed by atoms with E-state index in [0.717, 1.165) is 11.1 Å². The maximum absolute atomic E-state index is 14.1. The molecule has 5 rings (SSSR count). The van der Waals surface area contributed by atoms with Gasteiger partial charge in [-0.1, -0.05) is 63.6 Å². The van der Waals surface area contributed by atoms with E-state index in [1.165, 1.54) is 0 Å². The number of carbonyl (C=O) groups is 3. The van der Waals surface area contributed by atoms with Gasteiger partial charge in [0.25, 0.3) is 0 Å². The van der Waals surface area contributed by atoms with Crippen LogP contribution < -0.4 is 4.84 Å². The van der Waals surface area contributed by atoms with Crippen molar-refractivity contribution in [3.8, 4) is 5.75 Å². The zero-order valence-corrected chi connectivity index (χ0v) is 27.2. The van der Waals surface area contributed by atoms with Crippen molar-refractivity contribution >= 4 is 35.0 Å². The molecule has 44 heavy (non-hydrogen) atoms. The molecule has 0 amide bonds. The van der Waals surface area contributed by atoms with Gasteiger partial charge in [-0.2, -0.15) is 0 Å². The summed E-state index contributed by atoms with van der Waals surface area (Å²) < 4.78 is 11.4. The Bertz CT molecular complexity index is 1420. The molecule has 4 aliphatic carbocycles. The number of hydrogen-bond acceptors (Lipinski definition) is 8. The molecule has 1 aromatic carbocycles. The van der Waals surface area contributed by atoms with Crippen molar-refractivity contribution in [2.75, 3.05) is 6.61 Å². The number of ketones is 1. The Labute approximate surface area is 264 Å². The van der Waals surface area contributed by atoms with E-state index in [-0.39, 0.29) is 48.3 Å². The third-order valence-electron chi connectivity index (χ3n) is 10.9. The first-order valence-electron chi connectivity index (χ1n) is 15.8. The maximum atomic E-state index is 14.1. The number of aliphatic hydroxyl groups is 1. The number of esters is 2. The summed E-state index contributed by atoms with van der Waals surface area (Å²) in [5.74, 6) is -1.64. The zero-order valence-electron chi connectivity index (χ0n) is 26.5. The summed E-state index contributed by atoms with van der Waals surface area (Å²) in [7, 11) is 0. The summed E-state index contributed by atoms with van der Waals surface area (Å²) in [5.41, 5.74) is -0.128. The number of fused-ring (bicyclic) bond motifs is 5.